The number of hydrogen-bond donors (Lipinski definition) is 2. The summed E-state index contributed by atoms with van der Waals surface area (Å²) in [6.45, 7) is 5.04. The molecule has 9 heteroatoms. The highest BCUT2D eigenvalue weighted by atomic mass is 35.5. The van der Waals surface area contributed by atoms with Crippen LogP contribution in [0.1, 0.15) is 24.0 Å². The Morgan fingerprint density at radius 1 is 1.35 bits per heavy atom. The van der Waals surface area contributed by atoms with Gasteiger partial charge in [-0.25, -0.2) is 8.42 Å². The first-order chi connectivity index (χ1) is 11.8. The Bertz CT molecular complexity index is 717. The lowest BCUT2D eigenvalue weighted by molar-refractivity contribution is -0.126. The van der Waals surface area contributed by atoms with Crippen molar-refractivity contribution in [2.45, 2.75) is 31.6 Å². The number of carbonyl (C=O) groups excluding carboxylic acids is 1. The second-order valence-electron chi connectivity index (χ2n) is 6.37. The van der Waals surface area contributed by atoms with Crippen LogP contribution in [0.25, 0.3) is 0 Å². The molecule has 148 valence electrons. The van der Waals surface area contributed by atoms with E-state index < -0.39 is 10.0 Å². The van der Waals surface area contributed by atoms with Crippen molar-refractivity contribution < 1.29 is 17.9 Å². The molecule has 1 aliphatic rings. The summed E-state index contributed by atoms with van der Waals surface area (Å²) in [6.07, 6.45) is 1.34. The Balaban J connectivity index is 0.00000338. The number of methoxy groups -OCH3 is 1. The summed E-state index contributed by atoms with van der Waals surface area (Å²) in [5.74, 6) is 0.222. The van der Waals surface area contributed by atoms with Crippen LogP contribution in [-0.4, -0.2) is 51.9 Å². The van der Waals surface area contributed by atoms with E-state index >= 15 is 0 Å². The van der Waals surface area contributed by atoms with E-state index in [-0.39, 0.29) is 35.7 Å². The van der Waals surface area contributed by atoms with Crippen molar-refractivity contribution in [2.24, 2.45) is 11.7 Å². The predicted molar refractivity (Wildman–Crippen MR) is 103 cm³/mol. The number of nitrogens with two attached hydrogens (primary N) is 1. The third kappa shape index (κ3) is 4.88. The number of hydrogen-bond acceptors (Lipinski definition) is 5. The number of amides is 1. The van der Waals surface area contributed by atoms with Crippen LogP contribution >= 0.6 is 12.4 Å². The van der Waals surface area contributed by atoms with Crippen molar-refractivity contribution in [1.82, 2.24) is 9.62 Å². The van der Waals surface area contributed by atoms with Crippen molar-refractivity contribution in [1.29, 1.82) is 0 Å². The fourth-order valence-corrected chi connectivity index (χ4v) is 4.94. The quantitative estimate of drug-likeness (QED) is 0.740. The van der Waals surface area contributed by atoms with E-state index in [1.54, 1.807) is 19.2 Å². The molecule has 0 spiro atoms. The predicted octanol–water partition coefficient (Wildman–Crippen LogP) is 1.21. The molecule has 0 saturated carbocycles. The largest absolute Gasteiger partial charge is 0.496 e. The molecular weight excluding hydrogens is 378 g/mol. The first kappa shape index (κ1) is 22.7. The first-order valence-corrected chi connectivity index (χ1v) is 9.88. The summed E-state index contributed by atoms with van der Waals surface area (Å²) in [5.41, 5.74) is 6.95. The zero-order chi connectivity index (χ0) is 18.6. The van der Waals surface area contributed by atoms with Crippen LogP contribution in [0.3, 0.4) is 0 Å². The number of piperidine rings is 1. The fourth-order valence-electron chi connectivity index (χ4n) is 3.24. The maximum atomic E-state index is 13.0. The number of sulfonamides is 1. The molecular formula is C17H28ClN3O4S. The molecule has 0 aromatic heterocycles. The molecule has 7 nitrogen and oxygen atoms in total. The van der Waals surface area contributed by atoms with Gasteiger partial charge in [-0.1, -0.05) is 0 Å². The van der Waals surface area contributed by atoms with Gasteiger partial charge < -0.3 is 15.8 Å². The molecule has 1 atom stereocenters. The van der Waals surface area contributed by atoms with E-state index in [4.69, 9.17) is 10.5 Å². The van der Waals surface area contributed by atoms with Crippen molar-refractivity contribution in [3.8, 4) is 5.75 Å². The first-order valence-electron chi connectivity index (χ1n) is 8.44. The van der Waals surface area contributed by atoms with E-state index in [1.807, 2.05) is 13.8 Å². The van der Waals surface area contributed by atoms with Gasteiger partial charge in [-0.3, -0.25) is 4.79 Å². The molecule has 1 unspecified atom stereocenters. The molecule has 1 aromatic carbocycles. The molecule has 1 heterocycles. The third-order valence-corrected chi connectivity index (χ3v) is 6.32. The minimum absolute atomic E-state index is 0. The number of aryl methyl sites for hydroxylation is 2. The number of carbonyl (C=O) groups is 1. The van der Waals surface area contributed by atoms with Gasteiger partial charge >= 0.3 is 0 Å². The van der Waals surface area contributed by atoms with Crippen LogP contribution in [0.2, 0.25) is 0 Å². The topological polar surface area (TPSA) is 102 Å². The SMILES string of the molecule is COc1c(C)cc(S(=O)(=O)N2CCCC(C(=O)NCCN)C2)cc1C.Cl. The molecule has 0 radical (unpaired) electrons. The van der Waals surface area contributed by atoms with E-state index in [0.29, 0.717) is 38.2 Å². The number of halogens is 1. The van der Waals surface area contributed by atoms with Gasteiger partial charge in [-0.05, 0) is 49.9 Å². The number of nitrogens with zero attached hydrogens (tertiary/aromatic N) is 1. The summed E-state index contributed by atoms with van der Waals surface area (Å²) in [7, 11) is -2.08. The van der Waals surface area contributed by atoms with Crippen LogP contribution in [0.5, 0.6) is 5.75 Å². The van der Waals surface area contributed by atoms with Crippen LogP contribution in [0.4, 0.5) is 0 Å². The zero-order valence-electron chi connectivity index (χ0n) is 15.4. The molecule has 1 saturated heterocycles. The summed E-state index contributed by atoms with van der Waals surface area (Å²) in [4.78, 5) is 12.4. The zero-order valence-corrected chi connectivity index (χ0v) is 17.1. The minimum Gasteiger partial charge on any atom is -0.496 e. The maximum absolute atomic E-state index is 13.0. The molecule has 1 aromatic rings. The van der Waals surface area contributed by atoms with Gasteiger partial charge in [0.25, 0.3) is 0 Å². The monoisotopic (exact) mass is 405 g/mol. The number of benzene rings is 1. The molecule has 1 amide bonds. The van der Waals surface area contributed by atoms with Gasteiger partial charge in [-0.2, -0.15) is 4.31 Å². The van der Waals surface area contributed by atoms with Gasteiger partial charge in [0.05, 0.1) is 17.9 Å². The Morgan fingerprint density at radius 3 is 2.50 bits per heavy atom. The van der Waals surface area contributed by atoms with E-state index in [9.17, 15) is 13.2 Å². The van der Waals surface area contributed by atoms with E-state index in [0.717, 1.165) is 11.1 Å². The van der Waals surface area contributed by atoms with Crippen molar-refractivity contribution in [2.75, 3.05) is 33.3 Å². The fraction of sp³-hybridized carbons (Fsp3) is 0.588. The number of nitrogens with one attached hydrogen (secondary N) is 1. The molecule has 1 fully saturated rings. The molecule has 0 aliphatic carbocycles. The van der Waals surface area contributed by atoms with Gasteiger partial charge in [0.1, 0.15) is 5.75 Å². The Morgan fingerprint density at radius 2 is 1.96 bits per heavy atom. The molecule has 26 heavy (non-hydrogen) atoms. The van der Waals surface area contributed by atoms with Crippen molar-refractivity contribution in [3.05, 3.63) is 23.3 Å². The average Bonchev–Trinajstić information content (AvgIpc) is 2.59. The highest BCUT2D eigenvalue weighted by molar-refractivity contribution is 7.89. The van der Waals surface area contributed by atoms with Crippen LogP contribution in [-0.2, 0) is 14.8 Å². The average molecular weight is 406 g/mol. The van der Waals surface area contributed by atoms with E-state index in [2.05, 4.69) is 5.32 Å². The van der Waals surface area contributed by atoms with Gasteiger partial charge in [-0.15, -0.1) is 12.4 Å². The van der Waals surface area contributed by atoms with Crippen LogP contribution in [0, 0.1) is 19.8 Å². The Kier molecular flexibility index (Phi) is 8.33. The van der Waals surface area contributed by atoms with Crippen LogP contribution < -0.4 is 15.8 Å². The smallest absolute Gasteiger partial charge is 0.243 e. The Labute approximate surface area is 161 Å². The molecule has 0 bridgehead atoms. The second kappa shape index (κ2) is 9.55. The highest BCUT2D eigenvalue weighted by Gasteiger charge is 2.33. The molecule has 1 aliphatic heterocycles. The summed E-state index contributed by atoms with van der Waals surface area (Å²) < 4.78 is 32.7. The highest BCUT2D eigenvalue weighted by Crippen LogP contribution is 2.30. The number of rotatable bonds is 6. The van der Waals surface area contributed by atoms with Crippen molar-refractivity contribution >= 4 is 28.3 Å². The number of ether oxygens (including phenoxy) is 1. The normalized spacial score (nSPS) is 18.1. The summed E-state index contributed by atoms with van der Waals surface area (Å²) in [5, 5.41) is 2.75. The van der Waals surface area contributed by atoms with Gasteiger partial charge in [0.15, 0.2) is 0 Å². The molecule has 3 N–H and O–H groups in total. The summed E-state index contributed by atoms with van der Waals surface area (Å²) >= 11 is 0. The standard InChI is InChI=1S/C17H27N3O4S.ClH/c1-12-9-15(10-13(2)16(12)24-3)25(22,23)20-8-4-5-14(11-20)17(21)19-7-6-18;/h9-10,14H,4-8,11,18H2,1-3H3,(H,19,21);1H. The lowest BCUT2D eigenvalue weighted by Gasteiger charge is -2.31. The van der Waals surface area contributed by atoms with Crippen LogP contribution in [0.15, 0.2) is 17.0 Å². The van der Waals surface area contributed by atoms with E-state index in [1.165, 1.54) is 4.31 Å². The lowest BCUT2D eigenvalue weighted by Crippen LogP contribution is -2.46. The molecule has 2 rings (SSSR count). The maximum Gasteiger partial charge on any atom is 0.243 e. The summed E-state index contributed by atoms with van der Waals surface area (Å²) in [6, 6.07) is 3.25. The van der Waals surface area contributed by atoms with Gasteiger partial charge in [0.2, 0.25) is 15.9 Å². The lowest BCUT2D eigenvalue weighted by atomic mass is 9.99. The Hall–Kier alpha value is -1.35. The van der Waals surface area contributed by atoms with Crippen molar-refractivity contribution in [3.63, 3.8) is 0 Å². The second-order valence-corrected chi connectivity index (χ2v) is 8.31. The minimum atomic E-state index is -3.65. The third-order valence-electron chi connectivity index (χ3n) is 4.47. The van der Waals surface area contributed by atoms with Gasteiger partial charge in [0, 0.05) is 26.2 Å².